The Balaban J connectivity index is 1.77. The van der Waals surface area contributed by atoms with Crippen LogP contribution in [-0.2, 0) is 9.47 Å². The van der Waals surface area contributed by atoms with Crippen LogP contribution < -0.4 is 0 Å². The van der Waals surface area contributed by atoms with E-state index >= 15 is 0 Å². The Morgan fingerprint density at radius 1 is 0.862 bits per heavy atom. The fourth-order valence-electron chi connectivity index (χ4n) is 3.72. The van der Waals surface area contributed by atoms with Crippen LogP contribution in [0.5, 0.6) is 0 Å². The molecule has 0 aromatic rings. The minimum atomic E-state index is -1.03. The number of hydrogen-bond donors (Lipinski definition) is 3. The van der Waals surface area contributed by atoms with Crippen molar-refractivity contribution in [2.75, 3.05) is 19.8 Å². The van der Waals surface area contributed by atoms with E-state index in [0.717, 1.165) is 12.8 Å². The molecule has 172 valence electrons. The number of unbranched alkanes of at least 4 members (excludes halogenated alkanes) is 12. The van der Waals surface area contributed by atoms with Crippen molar-refractivity contribution in [3.05, 3.63) is 12.2 Å². The number of rotatable bonds is 19. The van der Waals surface area contributed by atoms with E-state index in [0.29, 0.717) is 6.61 Å². The molecule has 29 heavy (non-hydrogen) atoms. The summed E-state index contributed by atoms with van der Waals surface area (Å²) in [6.45, 7) is 3.08. The summed E-state index contributed by atoms with van der Waals surface area (Å²) < 4.78 is 10.7. The Labute approximate surface area is 178 Å². The van der Waals surface area contributed by atoms with E-state index in [1.165, 1.54) is 77.0 Å². The number of ether oxygens (including phenoxy) is 2. The van der Waals surface area contributed by atoms with Gasteiger partial charge in [0, 0.05) is 6.61 Å². The zero-order valence-electron chi connectivity index (χ0n) is 18.6. The van der Waals surface area contributed by atoms with E-state index in [1.807, 2.05) is 0 Å². The van der Waals surface area contributed by atoms with Crippen LogP contribution in [0, 0.1) is 0 Å². The van der Waals surface area contributed by atoms with Crippen LogP contribution in [0.2, 0.25) is 0 Å². The summed E-state index contributed by atoms with van der Waals surface area (Å²) in [6, 6.07) is 0. The van der Waals surface area contributed by atoms with Gasteiger partial charge in [0.15, 0.2) is 0 Å². The van der Waals surface area contributed by atoms with Gasteiger partial charge >= 0.3 is 0 Å². The van der Waals surface area contributed by atoms with Gasteiger partial charge in [0.05, 0.1) is 13.2 Å². The maximum absolute atomic E-state index is 9.95. The quantitative estimate of drug-likeness (QED) is 0.214. The zero-order valence-corrected chi connectivity index (χ0v) is 18.6. The summed E-state index contributed by atoms with van der Waals surface area (Å²) in [5.74, 6) is 0. The molecular weight excluding hydrogens is 368 g/mol. The zero-order chi connectivity index (χ0) is 21.2. The molecule has 1 aliphatic heterocycles. The van der Waals surface area contributed by atoms with Gasteiger partial charge in [-0.25, -0.2) is 0 Å². The Morgan fingerprint density at radius 3 is 1.97 bits per heavy atom. The van der Waals surface area contributed by atoms with Crippen LogP contribution in [0.1, 0.15) is 96.8 Å². The van der Waals surface area contributed by atoms with E-state index in [4.69, 9.17) is 9.47 Å². The van der Waals surface area contributed by atoms with Gasteiger partial charge in [-0.15, -0.1) is 0 Å². The Hall–Kier alpha value is -0.460. The van der Waals surface area contributed by atoms with Crippen LogP contribution in [0.4, 0.5) is 0 Å². The summed E-state index contributed by atoms with van der Waals surface area (Å²) >= 11 is 0. The second-order valence-corrected chi connectivity index (χ2v) is 8.44. The molecule has 1 heterocycles. The molecule has 5 heteroatoms. The molecule has 0 saturated carbocycles. The van der Waals surface area contributed by atoms with Gasteiger partial charge in [0.1, 0.15) is 24.4 Å². The van der Waals surface area contributed by atoms with Crippen molar-refractivity contribution in [3.63, 3.8) is 0 Å². The third-order valence-electron chi connectivity index (χ3n) is 5.66. The minimum Gasteiger partial charge on any atom is -0.388 e. The lowest BCUT2D eigenvalue weighted by Crippen LogP contribution is -2.40. The van der Waals surface area contributed by atoms with E-state index in [2.05, 4.69) is 19.1 Å². The number of hydrogen-bond acceptors (Lipinski definition) is 5. The first-order chi connectivity index (χ1) is 14.2. The van der Waals surface area contributed by atoms with Crippen LogP contribution in [0.3, 0.4) is 0 Å². The Morgan fingerprint density at radius 2 is 1.41 bits per heavy atom. The largest absolute Gasteiger partial charge is 0.388 e. The van der Waals surface area contributed by atoms with Crippen molar-refractivity contribution in [3.8, 4) is 0 Å². The van der Waals surface area contributed by atoms with Crippen molar-refractivity contribution in [1.82, 2.24) is 0 Å². The van der Waals surface area contributed by atoms with Gasteiger partial charge in [0.2, 0.25) is 0 Å². The maximum atomic E-state index is 9.95. The highest BCUT2D eigenvalue weighted by Crippen LogP contribution is 2.18. The molecule has 0 unspecified atom stereocenters. The lowest BCUT2D eigenvalue weighted by atomic mass is 10.1. The number of aliphatic hydroxyl groups excluding tert-OH is 3. The molecule has 0 amide bonds. The highest BCUT2D eigenvalue weighted by atomic mass is 16.5. The molecule has 0 spiro atoms. The standard InChI is InChI=1S/C24H46O5/c1-2-3-4-5-6-7-8-9-10-11-12-13-14-15-16-17-18-28-19-22(26)24-23(27)21(25)20-29-24/h7-8,21-27H,2-6,9-20H2,1H3/b8-7+/t21-,22+,23-,24-/m1/s1. The monoisotopic (exact) mass is 414 g/mol. The van der Waals surface area contributed by atoms with E-state index in [9.17, 15) is 15.3 Å². The predicted octanol–water partition coefficient (Wildman–Crippen LogP) is 4.52. The van der Waals surface area contributed by atoms with Gasteiger partial charge in [-0.3, -0.25) is 0 Å². The fraction of sp³-hybridized carbons (Fsp3) is 0.917. The molecule has 1 fully saturated rings. The SMILES string of the molecule is CCCCCC/C=C/CCCCCCCCCCOC[C@H](O)[C@H]1OC[C@@H](O)[C@H]1O. The molecule has 0 aromatic heterocycles. The molecule has 1 rings (SSSR count). The van der Waals surface area contributed by atoms with Crippen LogP contribution in [0.15, 0.2) is 12.2 Å². The second kappa shape index (κ2) is 18.3. The van der Waals surface area contributed by atoms with Gasteiger partial charge in [-0.1, -0.05) is 76.9 Å². The second-order valence-electron chi connectivity index (χ2n) is 8.44. The third kappa shape index (κ3) is 13.5. The lowest BCUT2D eigenvalue weighted by Gasteiger charge is -2.20. The highest BCUT2D eigenvalue weighted by Gasteiger charge is 2.39. The average molecular weight is 415 g/mol. The third-order valence-corrected chi connectivity index (χ3v) is 5.66. The Kier molecular flexibility index (Phi) is 16.8. The molecule has 0 bridgehead atoms. The smallest absolute Gasteiger partial charge is 0.114 e. The predicted molar refractivity (Wildman–Crippen MR) is 118 cm³/mol. The van der Waals surface area contributed by atoms with Gasteiger partial charge in [0.25, 0.3) is 0 Å². The van der Waals surface area contributed by atoms with E-state index in [1.54, 1.807) is 0 Å². The Bertz CT molecular complexity index is 387. The maximum Gasteiger partial charge on any atom is 0.114 e. The summed E-state index contributed by atoms with van der Waals surface area (Å²) in [6.07, 6.45) is 19.0. The van der Waals surface area contributed by atoms with Crippen molar-refractivity contribution in [2.45, 2.75) is 121 Å². The van der Waals surface area contributed by atoms with Crippen LogP contribution in [-0.4, -0.2) is 59.6 Å². The normalized spacial score (nSPS) is 23.2. The molecule has 1 aliphatic rings. The highest BCUT2D eigenvalue weighted by molar-refractivity contribution is 4.87. The van der Waals surface area contributed by atoms with Crippen molar-refractivity contribution in [2.24, 2.45) is 0 Å². The molecule has 3 N–H and O–H groups in total. The van der Waals surface area contributed by atoms with Crippen LogP contribution in [0.25, 0.3) is 0 Å². The van der Waals surface area contributed by atoms with Crippen molar-refractivity contribution >= 4 is 0 Å². The minimum absolute atomic E-state index is 0.0682. The van der Waals surface area contributed by atoms with Crippen molar-refractivity contribution < 1.29 is 24.8 Å². The van der Waals surface area contributed by atoms with Gasteiger partial charge < -0.3 is 24.8 Å². The van der Waals surface area contributed by atoms with E-state index in [-0.39, 0.29) is 13.2 Å². The first kappa shape index (κ1) is 26.6. The van der Waals surface area contributed by atoms with Crippen LogP contribution >= 0.6 is 0 Å². The molecule has 4 atom stereocenters. The molecular formula is C24H46O5. The molecule has 5 nitrogen and oxygen atoms in total. The number of aliphatic hydroxyl groups is 3. The van der Waals surface area contributed by atoms with Gasteiger partial charge in [-0.05, 0) is 32.1 Å². The van der Waals surface area contributed by atoms with Gasteiger partial charge in [-0.2, -0.15) is 0 Å². The molecule has 0 aromatic carbocycles. The van der Waals surface area contributed by atoms with E-state index < -0.39 is 24.4 Å². The molecule has 0 radical (unpaired) electrons. The fourth-order valence-corrected chi connectivity index (χ4v) is 3.72. The number of allylic oxidation sites excluding steroid dienone is 2. The topological polar surface area (TPSA) is 79.2 Å². The summed E-state index contributed by atoms with van der Waals surface area (Å²) in [5, 5.41) is 29.0. The summed E-state index contributed by atoms with van der Waals surface area (Å²) in [5.41, 5.74) is 0. The lowest BCUT2D eigenvalue weighted by molar-refractivity contribution is -0.0813. The summed E-state index contributed by atoms with van der Waals surface area (Å²) in [7, 11) is 0. The van der Waals surface area contributed by atoms with Crippen molar-refractivity contribution in [1.29, 1.82) is 0 Å². The molecule has 1 saturated heterocycles. The first-order valence-electron chi connectivity index (χ1n) is 12.0. The molecule has 0 aliphatic carbocycles. The summed E-state index contributed by atoms with van der Waals surface area (Å²) in [4.78, 5) is 0. The first-order valence-corrected chi connectivity index (χ1v) is 12.0. The average Bonchev–Trinajstić information content (AvgIpc) is 3.05.